The fourth-order valence-electron chi connectivity index (χ4n) is 4.58. The van der Waals surface area contributed by atoms with E-state index in [1.807, 2.05) is 0 Å². The molecule has 17 nitrogen and oxygen atoms in total. The van der Waals surface area contributed by atoms with Crippen molar-refractivity contribution in [2.45, 2.75) is 49.7 Å². The van der Waals surface area contributed by atoms with Crippen molar-refractivity contribution in [3.05, 3.63) is 18.3 Å². The SMILES string of the molecule is N=C1N=C2C(N=CN2[C@H]2O[C@@H]3COP(=O)(S)OCC(F)(F)Cn4c(nc5cncnc54)COP(O)(=S)O[C@@H]2[C@@H]3F)C(=O)N1. The topological polar surface area (TPSA) is 208 Å². The van der Waals surface area contributed by atoms with Gasteiger partial charge in [-0.1, -0.05) is 12.2 Å². The van der Waals surface area contributed by atoms with Crippen molar-refractivity contribution < 1.29 is 50.3 Å². The van der Waals surface area contributed by atoms with Gasteiger partial charge in [-0.05, 0) is 11.8 Å². The van der Waals surface area contributed by atoms with Crippen LogP contribution in [0.4, 0.5) is 13.2 Å². The van der Waals surface area contributed by atoms with Crippen LogP contribution in [0.1, 0.15) is 5.82 Å². The van der Waals surface area contributed by atoms with Gasteiger partial charge in [0.15, 0.2) is 29.9 Å². The highest BCUT2D eigenvalue weighted by Gasteiger charge is 2.54. The van der Waals surface area contributed by atoms with Crippen LogP contribution in [0.2, 0.25) is 0 Å². The summed E-state index contributed by atoms with van der Waals surface area (Å²) in [5.41, 5.74) is 0.0845. The van der Waals surface area contributed by atoms with Gasteiger partial charge in [-0.2, -0.15) is 4.99 Å². The van der Waals surface area contributed by atoms with Gasteiger partial charge in [-0.15, -0.1) is 0 Å². The number of imidazole rings is 1. The first-order chi connectivity index (χ1) is 20.2. The zero-order chi connectivity index (χ0) is 30.7. The number of amidine groups is 1. The fraction of sp³-hybridized carbons (Fsp3) is 0.526. The number of carbonyl (C=O) groups excluding carboxylic acids is 1. The number of hydrogen-bond acceptors (Lipinski definition) is 14. The summed E-state index contributed by atoms with van der Waals surface area (Å²) >= 11 is 8.84. The Morgan fingerprint density at radius 3 is 2.88 bits per heavy atom. The second-order valence-corrected chi connectivity index (χ2v) is 15.2. The molecule has 2 bridgehead atoms. The molecule has 232 valence electrons. The predicted molar refractivity (Wildman–Crippen MR) is 146 cm³/mol. The van der Waals surface area contributed by atoms with Crippen LogP contribution in [-0.4, -0.2) is 103 Å². The van der Waals surface area contributed by atoms with Crippen molar-refractivity contribution in [3.63, 3.8) is 0 Å². The van der Waals surface area contributed by atoms with Gasteiger partial charge in [0.1, 0.15) is 43.1 Å². The number of amides is 1. The van der Waals surface area contributed by atoms with Crippen LogP contribution in [0.5, 0.6) is 0 Å². The van der Waals surface area contributed by atoms with Crippen molar-refractivity contribution >= 4 is 72.8 Å². The predicted octanol–water partition coefficient (Wildman–Crippen LogP) is 0.903. The summed E-state index contributed by atoms with van der Waals surface area (Å²) in [5.74, 6) is -5.17. The Kier molecular flexibility index (Phi) is 7.98. The molecule has 0 radical (unpaired) electrons. The highest BCUT2D eigenvalue weighted by atomic mass is 32.7. The van der Waals surface area contributed by atoms with E-state index in [2.05, 4.69) is 42.5 Å². The molecule has 6 rings (SSSR count). The fourth-order valence-corrected chi connectivity index (χ4v) is 7.04. The number of guanidine groups is 1. The number of thiol groups is 1. The third kappa shape index (κ3) is 6.26. The van der Waals surface area contributed by atoms with E-state index in [4.69, 9.17) is 40.0 Å². The number of aliphatic imine (C=N–C) groups is 2. The molecule has 0 aliphatic carbocycles. The van der Waals surface area contributed by atoms with Crippen LogP contribution in [0.25, 0.3) is 11.2 Å². The van der Waals surface area contributed by atoms with Crippen molar-refractivity contribution in [1.82, 2.24) is 29.7 Å². The van der Waals surface area contributed by atoms with Gasteiger partial charge in [-0.25, -0.2) is 32.7 Å². The highest BCUT2D eigenvalue weighted by molar-refractivity contribution is 8.44. The molecule has 1 amide bonds. The molecule has 4 aliphatic heterocycles. The molecule has 43 heavy (non-hydrogen) atoms. The van der Waals surface area contributed by atoms with E-state index in [9.17, 15) is 14.3 Å². The minimum absolute atomic E-state index is 0.0199. The number of halogens is 3. The second-order valence-electron chi connectivity index (χ2n) is 9.44. The second kappa shape index (κ2) is 11.2. The third-order valence-electron chi connectivity index (χ3n) is 6.44. The molecule has 4 aliphatic rings. The number of aromatic nitrogens is 4. The number of hydrogen-bond donors (Lipinski definition) is 4. The van der Waals surface area contributed by atoms with Gasteiger partial charge in [-0.3, -0.25) is 39.0 Å². The minimum Gasteiger partial charge on any atom is -0.346 e. The van der Waals surface area contributed by atoms with Crippen LogP contribution in [0.15, 0.2) is 22.5 Å². The van der Waals surface area contributed by atoms with Gasteiger partial charge in [0.25, 0.3) is 11.8 Å². The molecule has 7 atom stereocenters. The molecule has 3 unspecified atom stereocenters. The third-order valence-corrected chi connectivity index (χ3v) is 9.60. The molecule has 3 N–H and O–H groups in total. The number of nitrogens with one attached hydrogen (secondary N) is 2. The lowest BCUT2D eigenvalue weighted by Gasteiger charge is -2.31. The van der Waals surface area contributed by atoms with E-state index in [0.717, 1.165) is 22.1 Å². The largest absolute Gasteiger partial charge is 0.386 e. The number of carbonyl (C=O) groups is 1. The Balaban J connectivity index is 1.35. The summed E-state index contributed by atoms with van der Waals surface area (Å²) < 4.78 is 86.2. The maximum Gasteiger partial charge on any atom is 0.386 e. The molecule has 6 heterocycles. The summed E-state index contributed by atoms with van der Waals surface area (Å²) in [4.78, 5) is 44.2. The Morgan fingerprint density at radius 1 is 1.30 bits per heavy atom. The van der Waals surface area contributed by atoms with Crippen LogP contribution < -0.4 is 5.32 Å². The lowest BCUT2D eigenvalue weighted by Crippen LogP contribution is -2.53. The molecule has 2 aromatic heterocycles. The number of fused-ring (bicyclic) bond motifs is 6. The minimum atomic E-state index is -4.51. The molecule has 2 aromatic rings. The van der Waals surface area contributed by atoms with Crippen molar-refractivity contribution in [3.8, 4) is 0 Å². The molecule has 0 saturated carbocycles. The van der Waals surface area contributed by atoms with Crippen LogP contribution in [0, 0.1) is 5.41 Å². The highest BCUT2D eigenvalue weighted by Crippen LogP contribution is 2.55. The van der Waals surface area contributed by atoms with Crippen LogP contribution >= 0.6 is 25.8 Å². The first-order valence-electron chi connectivity index (χ1n) is 12.1. The summed E-state index contributed by atoms with van der Waals surface area (Å²) in [5, 5.41) is 9.94. The van der Waals surface area contributed by atoms with Gasteiger partial charge >= 0.3 is 13.5 Å². The molecule has 1 fully saturated rings. The average molecular weight is 686 g/mol. The van der Waals surface area contributed by atoms with Crippen molar-refractivity contribution in [1.29, 1.82) is 5.41 Å². The van der Waals surface area contributed by atoms with Crippen molar-refractivity contribution in [2.24, 2.45) is 9.98 Å². The van der Waals surface area contributed by atoms with Crippen LogP contribution in [0.3, 0.4) is 0 Å². The van der Waals surface area contributed by atoms with Gasteiger partial charge < -0.3 is 18.7 Å². The average Bonchev–Trinajstić information content (AvgIpc) is 3.59. The molecule has 0 spiro atoms. The summed E-state index contributed by atoms with van der Waals surface area (Å²) in [6.45, 7) is -12.9. The van der Waals surface area contributed by atoms with E-state index >= 15 is 13.2 Å². The van der Waals surface area contributed by atoms with E-state index < -0.39 is 88.3 Å². The van der Waals surface area contributed by atoms with E-state index in [1.165, 1.54) is 6.20 Å². The van der Waals surface area contributed by atoms with Crippen molar-refractivity contribution in [2.75, 3.05) is 13.2 Å². The maximum absolute atomic E-state index is 15.9. The smallest absolute Gasteiger partial charge is 0.346 e. The van der Waals surface area contributed by atoms with Gasteiger partial charge in [0.2, 0.25) is 5.96 Å². The van der Waals surface area contributed by atoms with Gasteiger partial charge in [0, 0.05) is 0 Å². The number of alkyl halides is 3. The normalized spacial score (nSPS) is 36.7. The number of nitrogens with zero attached hydrogens (tertiary/aromatic N) is 7. The Morgan fingerprint density at radius 2 is 2.09 bits per heavy atom. The zero-order valence-electron chi connectivity index (χ0n) is 21.3. The Hall–Kier alpha value is -2.39. The molecular formula is C19H20F3N9O8P2S2. The monoisotopic (exact) mass is 685 g/mol. The molecular weight excluding hydrogens is 665 g/mol. The van der Waals surface area contributed by atoms with Crippen LogP contribution in [-0.2, 0) is 57.1 Å². The quantitative estimate of drug-likeness (QED) is 0.243. The van der Waals surface area contributed by atoms with E-state index in [1.54, 1.807) is 0 Å². The Labute approximate surface area is 249 Å². The molecule has 1 saturated heterocycles. The summed E-state index contributed by atoms with van der Waals surface area (Å²) in [7, 11) is 0. The van der Waals surface area contributed by atoms with E-state index in [-0.39, 0.29) is 22.8 Å². The number of rotatable bonds is 1. The lowest BCUT2D eigenvalue weighted by molar-refractivity contribution is -0.119. The lowest BCUT2D eigenvalue weighted by atomic mass is 10.1. The van der Waals surface area contributed by atoms with E-state index in [0.29, 0.717) is 0 Å². The van der Waals surface area contributed by atoms with Gasteiger partial charge in [0.05, 0.1) is 25.7 Å². The zero-order valence-corrected chi connectivity index (χ0v) is 24.8. The molecule has 24 heteroatoms. The maximum atomic E-state index is 15.9. The number of ether oxygens (including phenoxy) is 1. The molecule has 0 aromatic carbocycles. The summed E-state index contributed by atoms with van der Waals surface area (Å²) in [6.07, 6.45) is -3.58. The summed E-state index contributed by atoms with van der Waals surface area (Å²) in [6, 6.07) is -1.19. The standard InChI is InChI=1S/C19H20F3N9O8P2S2/c20-11-9-2-35-40(33,42)37-5-19(21,22)4-30-10(27-8-1-24-6-25-14(8)30)3-36-41(34,43)39-13(11)17(38-9)31-7-26-12-15(31)28-18(23)29-16(12)32/h1,6-7,9,11-13,17H,2-5H2,(H,33,42)(H,34,43)(H2,23,29,32)/t9-,11-,12?,13-,17+,40?,41?/m1/s1. The first kappa shape index (κ1) is 30.6. The Bertz CT molecular complexity index is 1650. The first-order valence-corrected chi connectivity index (χ1v) is 17.4.